The van der Waals surface area contributed by atoms with Gasteiger partial charge >= 0.3 is 5.97 Å². The van der Waals surface area contributed by atoms with E-state index in [9.17, 15) is 14.7 Å². The lowest BCUT2D eigenvalue weighted by molar-refractivity contribution is -0.253. The fourth-order valence-corrected chi connectivity index (χ4v) is 5.55. The van der Waals surface area contributed by atoms with Gasteiger partial charge in [0.05, 0.1) is 24.4 Å². The number of carbonyl (C=O) groups is 2. The van der Waals surface area contributed by atoms with Crippen LogP contribution in [-0.2, 0) is 32.2 Å². The average molecular weight is 588 g/mol. The minimum absolute atomic E-state index is 0.0176. The number of hydrogen-bond donors (Lipinski definition) is 2. The Labute approximate surface area is 253 Å². The van der Waals surface area contributed by atoms with Gasteiger partial charge in [0, 0.05) is 37.5 Å². The number of nitrogens with one attached hydrogen (secondary N) is 1. The third-order valence-corrected chi connectivity index (χ3v) is 7.72. The summed E-state index contributed by atoms with van der Waals surface area (Å²) in [5, 5.41) is 12.4. The number of hydrogen-bond acceptors (Lipinski definition) is 8. The van der Waals surface area contributed by atoms with Gasteiger partial charge in [-0.15, -0.1) is 0 Å². The van der Waals surface area contributed by atoms with Crippen molar-refractivity contribution in [1.82, 2.24) is 15.2 Å². The van der Waals surface area contributed by atoms with Gasteiger partial charge in [0.25, 0.3) is 5.91 Å². The van der Waals surface area contributed by atoms with E-state index >= 15 is 0 Å². The van der Waals surface area contributed by atoms with Gasteiger partial charge in [-0.05, 0) is 69.0 Å². The second-order valence-electron chi connectivity index (χ2n) is 12.2. The number of aliphatic hydroxyl groups is 1. The van der Waals surface area contributed by atoms with Gasteiger partial charge in [-0.3, -0.25) is 19.5 Å². The molecule has 2 aliphatic heterocycles. The van der Waals surface area contributed by atoms with Crippen LogP contribution in [0.3, 0.4) is 0 Å². The Kier molecular flexibility index (Phi) is 9.87. The van der Waals surface area contributed by atoms with Crippen molar-refractivity contribution in [2.45, 2.75) is 83.3 Å². The molecule has 0 bridgehead atoms. The summed E-state index contributed by atoms with van der Waals surface area (Å²) in [6.45, 7) is 7.44. The third-order valence-electron chi connectivity index (χ3n) is 7.72. The summed E-state index contributed by atoms with van der Waals surface area (Å²) in [5.74, 6) is -0.364. The van der Waals surface area contributed by atoms with E-state index < -0.39 is 11.9 Å². The zero-order valence-electron chi connectivity index (χ0n) is 25.1. The van der Waals surface area contributed by atoms with Gasteiger partial charge in [0.15, 0.2) is 6.29 Å². The molecule has 0 radical (unpaired) electrons. The summed E-state index contributed by atoms with van der Waals surface area (Å²) in [4.78, 5) is 31.6. The first-order valence-electron chi connectivity index (χ1n) is 14.9. The van der Waals surface area contributed by atoms with Crippen LogP contribution in [0, 0.1) is 0 Å². The first kappa shape index (κ1) is 30.8. The largest absolute Gasteiger partial charge is 0.459 e. The summed E-state index contributed by atoms with van der Waals surface area (Å²) in [7, 11) is 0. The van der Waals surface area contributed by atoms with Crippen LogP contribution in [-0.4, -0.2) is 57.7 Å². The Morgan fingerprint density at radius 3 is 2.42 bits per heavy atom. The van der Waals surface area contributed by atoms with Crippen molar-refractivity contribution >= 4 is 11.9 Å². The molecule has 9 nitrogen and oxygen atoms in total. The highest BCUT2D eigenvalue weighted by molar-refractivity contribution is 5.93. The predicted molar refractivity (Wildman–Crippen MR) is 161 cm³/mol. The number of benzene rings is 2. The molecule has 2 saturated heterocycles. The number of likely N-dealkylation sites (tertiary alicyclic amines) is 1. The topological polar surface area (TPSA) is 110 Å². The lowest BCUT2D eigenvalue weighted by atomic mass is 9.99. The van der Waals surface area contributed by atoms with Crippen LogP contribution >= 0.6 is 0 Å². The van der Waals surface area contributed by atoms with E-state index in [1.807, 2.05) is 69.3 Å². The Bertz CT molecular complexity index is 1360. The third kappa shape index (κ3) is 8.26. The van der Waals surface area contributed by atoms with Gasteiger partial charge in [0.2, 0.25) is 0 Å². The summed E-state index contributed by atoms with van der Waals surface area (Å²) in [6, 6.07) is 18.8. The fourth-order valence-electron chi connectivity index (χ4n) is 5.55. The first-order valence-corrected chi connectivity index (χ1v) is 14.9. The molecule has 5 rings (SSSR count). The molecule has 2 fully saturated rings. The Balaban J connectivity index is 1.29. The maximum atomic E-state index is 13.0. The van der Waals surface area contributed by atoms with Crippen molar-refractivity contribution in [2.75, 3.05) is 13.1 Å². The van der Waals surface area contributed by atoms with Crippen molar-refractivity contribution in [3.05, 3.63) is 101 Å². The van der Waals surface area contributed by atoms with Gasteiger partial charge in [0.1, 0.15) is 11.6 Å². The second-order valence-corrected chi connectivity index (χ2v) is 12.2. The Morgan fingerprint density at radius 1 is 1.02 bits per heavy atom. The molecule has 43 heavy (non-hydrogen) atoms. The normalized spacial score (nSPS) is 22.7. The molecule has 2 aliphatic rings. The van der Waals surface area contributed by atoms with Crippen molar-refractivity contribution in [2.24, 2.45) is 0 Å². The molecule has 3 heterocycles. The predicted octanol–water partition coefficient (Wildman–Crippen LogP) is 4.86. The van der Waals surface area contributed by atoms with Crippen LogP contribution in [0.4, 0.5) is 0 Å². The number of rotatable bonds is 9. The summed E-state index contributed by atoms with van der Waals surface area (Å²) in [5.41, 5.74) is 3.64. The minimum Gasteiger partial charge on any atom is -0.459 e. The van der Waals surface area contributed by atoms with Gasteiger partial charge < -0.3 is 24.6 Å². The monoisotopic (exact) mass is 587 g/mol. The van der Waals surface area contributed by atoms with Crippen molar-refractivity contribution in [3.63, 3.8) is 0 Å². The number of amides is 1. The number of aromatic nitrogens is 1. The standard InChI is InChI=1S/C34H41N3O6/c1-34(2,3)43-32(40)29-7-5-17-37(29)21-28-18-30(25-12-10-24(22-38)11-13-25)42-33(41-28)26-14-8-23(9-15-26)19-36-31(39)27-6-4-16-35-20-27/h4,6,8-16,20,28-30,33,38H,5,7,17-19,21-22H2,1-3H3,(H,36,39)/t28-,29-,30+,33+/m0/s1. The number of nitrogens with zero attached hydrogens (tertiary/aromatic N) is 2. The molecule has 9 heteroatoms. The van der Waals surface area contributed by atoms with E-state index in [4.69, 9.17) is 14.2 Å². The number of ether oxygens (including phenoxy) is 3. The highest BCUT2D eigenvalue weighted by atomic mass is 16.7. The molecule has 0 saturated carbocycles. The fraction of sp³-hybridized carbons (Fsp3) is 0.441. The van der Waals surface area contributed by atoms with Crippen molar-refractivity contribution < 1.29 is 28.9 Å². The van der Waals surface area contributed by atoms with E-state index in [0.29, 0.717) is 25.1 Å². The molecule has 0 aliphatic carbocycles. The molecular formula is C34H41N3O6. The van der Waals surface area contributed by atoms with E-state index in [1.54, 1.807) is 18.3 Å². The summed E-state index contributed by atoms with van der Waals surface area (Å²) in [6.07, 6.45) is 4.49. The molecule has 0 unspecified atom stereocenters. The molecule has 4 atom stereocenters. The van der Waals surface area contributed by atoms with Crippen LogP contribution in [0.5, 0.6) is 0 Å². The lowest BCUT2D eigenvalue weighted by Gasteiger charge is -2.38. The van der Waals surface area contributed by atoms with Crippen LogP contribution in [0.15, 0.2) is 73.1 Å². The average Bonchev–Trinajstić information content (AvgIpc) is 3.48. The zero-order valence-corrected chi connectivity index (χ0v) is 25.1. The van der Waals surface area contributed by atoms with Crippen LogP contribution < -0.4 is 5.32 Å². The molecule has 1 amide bonds. The highest BCUT2D eigenvalue weighted by Crippen LogP contribution is 2.39. The van der Waals surface area contributed by atoms with Gasteiger partial charge in [-0.2, -0.15) is 0 Å². The smallest absolute Gasteiger partial charge is 0.323 e. The van der Waals surface area contributed by atoms with Gasteiger partial charge in [-0.25, -0.2) is 0 Å². The van der Waals surface area contributed by atoms with Crippen molar-refractivity contribution in [1.29, 1.82) is 0 Å². The van der Waals surface area contributed by atoms with Crippen molar-refractivity contribution in [3.8, 4) is 0 Å². The number of aliphatic hydroxyl groups excluding tert-OH is 1. The highest BCUT2D eigenvalue weighted by Gasteiger charge is 2.38. The Morgan fingerprint density at radius 2 is 1.74 bits per heavy atom. The summed E-state index contributed by atoms with van der Waals surface area (Å²) < 4.78 is 18.7. The van der Waals surface area contributed by atoms with E-state index in [2.05, 4.69) is 15.2 Å². The van der Waals surface area contributed by atoms with Crippen LogP contribution in [0.2, 0.25) is 0 Å². The quantitative estimate of drug-likeness (QED) is 0.342. The van der Waals surface area contributed by atoms with Crippen LogP contribution in [0.25, 0.3) is 0 Å². The molecule has 2 aromatic carbocycles. The minimum atomic E-state index is -0.608. The molecule has 0 spiro atoms. The Hall–Kier alpha value is -3.63. The van der Waals surface area contributed by atoms with E-state index in [1.165, 1.54) is 6.20 Å². The SMILES string of the molecule is CC(C)(C)OC(=O)[C@@H]1CCCN1C[C@@H]1C[C@H](c2ccc(CO)cc2)O[C@H](c2ccc(CNC(=O)c3cccnc3)cc2)O1. The molecule has 1 aromatic heterocycles. The first-order chi connectivity index (χ1) is 20.7. The van der Waals surface area contributed by atoms with E-state index in [-0.39, 0.29) is 36.7 Å². The molecule has 3 aromatic rings. The lowest BCUT2D eigenvalue weighted by Crippen LogP contribution is -2.45. The molecular weight excluding hydrogens is 546 g/mol. The summed E-state index contributed by atoms with van der Waals surface area (Å²) >= 11 is 0. The zero-order chi connectivity index (χ0) is 30.4. The second kappa shape index (κ2) is 13.8. The number of carbonyl (C=O) groups excluding carboxylic acids is 2. The molecule has 2 N–H and O–H groups in total. The van der Waals surface area contributed by atoms with Gasteiger partial charge in [-0.1, -0.05) is 48.5 Å². The van der Waals surface area contributed by atoms with E-state index in [0.717, 1.165) is 41.6 Å². The maximum absolute atomic E-state index is 13.0. The molecule has 228 valence electrons. The number of esters is 1. The maximum Gasteiger partial charge on any atom is 0.323 e. The number of pyridine rings is 1. The van der Waals surface area contributed by atoms with Crippen LogP contribution in [0.1, 0.15) is 85.0 Å².